The van der Waals surface area contributed by atoms with Crippen LogP contribution in [0.4, 0.5) is 0 Å². The summed E-state index contributed by atoms with van der Waals surface area (Å²) in [6, 6.07) is 0. The van der Waals surface area contributed by atoms with Crippen LogP contribution in [0.25, 0.3) is 0 Å². The van der Waals surface area contributed by atoms with Gasteiger partial charge >= 0.3 is 0 Å². The Morgan fingerprint density at radius 1 is 1.88 bits per heavy atom. The van der Waals surface area contributed by atoms with E-state index in [9.17, 15) is 0 Å². The van der Waals surface area contributed by atoms with Crippen LogP contribution in [0.15, 0.2) is 16.8 Å². The molecule has 0 spiro atoms. The predicted octanol–water partition coefficient (Wildman–Crippen LogP) is 1.63. The topological polar surface area (TPSA) is 36.2 Å². The number of rotatable bonds is 3. The second-order valence-corrected chi connectivity index (χ2v) is 1.44. The molecule has 0 aliphatic heterocycles. The number of hydrogen-bond donors (Lipinski definition) is 1. The molecule has 0 saturated carbocycles. The minimum atomic E-state index is 0.658. The van der Waals surface area contributed by atoms with Gasteiger partial charge in [-0.05, 0) is 19.9 Å². The SMILES string of the molecule is C=N/C(C)=C\CC=N. The zero-order chi connectivity index (χ0) is 6.41. The number of nitrogens with zero attached hydrogens (tertiary/aromatic N) is 1. The lowest BCUT2D eigenvalue weighted by Crippen LogP contribution is -1.69. The molecular weight excluding hydrogens is 100 g/mol. The Morgan fingerprint density at radius 3 is 2.88 bits per heavy atom. The molecule has 0 rings (SSSR count). The summed E-state index contributed by atoms with van der Waals surface area (Å²) in [5.74, 6) is 0. The standard InChI is InChI=1S/C6H10N2/c1-6(8-2)4-3-5-7/h4-5,7H,2-3H2,1H3/b6-4-,7-5?. The molecule has 0 amide bonds. The molecule has 0 unspecified atom stereocenters. The van der Waals surface area contributed by atoms with Gasteiger partial charge in [-0.2, -0.15) is 0 Å². The van der Waals surface area contributed by atoms with Crippen LogP contribution in [0.1, 0.15) is 13.3 Å². The van der Waals surface area contributed by atoms with Crippen molar-refractivity contribution in [2.45, 2.75) is 13.3 Å². The lowest BCUT2D eigenvalue weighted by molar-refractivity contribution is 1.27. The fourth-order valence-electron chi connectivity index (χ4n) is 0.294. The molecule has 0 aliphatic carbocycles. The van der Waals surface area contributed by atoms with Crippen molar-refractivity contribution in [3.05, 3.63) is 11.8 Å². The summed E-state index contributed by atoms with van der Waals surface area (Å²) in [5.41, 5.74) is 0.883. The molecule has 0 aliphatic rings. The Hall–Kier alpha value is -0.920. The third-order valence-corrected chi connectivity index (χ3v) is 0.781. The zero-order valence-corrected chi connectivity index (χ0v) is 5.02. The minimum absolute atomic E-state index is 0.658. The van der Waals surface area contributed by atoms with E-state index in [4.69, 9.17) is 5.41 Å². The molecule has 0 aromatic heterocycles. The summed E-state index contributed by atoms with van der Waals surface area (Å²) in [6.45, 7) is 5.18. The summed E-state index contributed by atoms with van der Waals surface area (Å²) in [7, 11) is 0. The third-order valence-electron chi connectivity index (χ3n) is 0.781. The van der Waals surface area contributed by atoms with Gasteiger partial charge in [-0.1, -0.05) is 6.08 Å². The van der Waals surface area contributed by atoms with Crippen molar-refractivity contribution in [3.63, 3.8) is 0 Å². The van der Waals surface area contributed by atoms with E-state index < -0.39 is 0 Å². The summed E-state index contributed by atoms with van der Waals surface area (Å²) < 4.78 is 0. The first-order valence-corrected chi connectivity index (χ1v) is 2.43. The predicted molar refractivity (Wildman–Crippen MR) is 36.7 cm³/mol. The highest BCUT2D eigenvalue weighted by Gasteiger charge is 1.75. The molecule has 0 saturated heterocycles. The number of hydrogen-bond acceptors (Lipinski definition) is 2. The first kappa shape index (κ1) is 7.08. The van der Waals surface area contributed by atoms with Crippen LogP contribution in [0, 0.1) is 5.41 Å². The maximum atomic E-state index is 6.64. The van der Waals surface area contributed by atoms with Gasteiger partial charge in [-0.3, -0.25) is 4.99 Å². The molecule has 2 heteroatoms. The fraction of sp³-hybridized carbons (Fsp3) is 0.333. The van der Waals surface area contributed by atoms with Crippen LogP contribution >= 0.6 is 0 Å². The zero-order valence-electron chi connectivity index (χ0n) is 5.02. The van der Waals surface area contributed by atoms with E-state index in [1.165, 1.54) is 6.21 Å². The van der Waals surface area contributed by atoms with Crippen LogP contribution in [-0.4, -0.2) is 12.9 Å². The quantitative estimate of drug-likeness (QED) is 0.536. The second-order valence-electron chi connectivity index (χ2n) is 1.44. The van der Waals surface area contributed by atoms with E-state index in [0.717, 1.165) is 5.70 Å². The second kappa shape index (κ2) is 4.24. The van der Waals surface area contributed by atoms with Crippen LogP contribution in [0.5, 0.6) is 0 Å². The molecule has 0 heterocycles. The molecular formula is C6H10N2. The first-order valence-electron chi connectivity index (χ1n) is 2.43. The summed E-state index contributed by atoms with van der Waals surface area (Å²) in [4.78, 5) is 3.63. The number of aliphatic imine (C=N–C) groups is 1. The van der Waals surface area contributed by atoms with Crippen LogP contribution < -0.4 is 0 Å². The van der Waals surface area contributed by atoms with E-state index in [-0.39, 0.29) is 0 Å². The van der Waals surface area contributed by atoms with Crippen molar-refractivity contribution < 1.29 is 0 Å². The van der Waals surface area contributed by atoms with Gasteiger partial charge in [-0.15, -0.1) is 0 Å². The van der Waals surface area contributed by atoms with Gasteiger partial charge < -0.3 is 5.41 Å². The van der Waals surface area contributed by atoms with Crippen molar-refractivity contribution in [1.29, 1.82) is 5.41 Å². The molecule has 0 bridgehead atoms. The van der Waals surface area contributed by atoms with E-state index in [1.807, 2.05) is 13.0 Å². The van der Waals surface area contributed by atoms with Gasteiger partial charge in [0.2, 0.25) is 0 Å². The van der Waals surface area contributed by atoms with E-state index in [2.05, 4.69) is 11.7 Å². The normalized spacial score (nSPS) is 10.9. The Balaban J connectivity index is 3.56. The smallest absolute Gasteiger partial charge is 0.0329 e. The van der Waals surface area contributed by atoms with E-state index >= 15 is 0 Å². The highest BCUT2D eigenvalue weighted by Crippen LogP contribution is 1.92. The summed E-state index contributed by atoms with van der Waals surface area (Å²) >= 11 is 0. The van der Waals surface area contributed by atoms with Crippen molar-refractivity contribution in [3.8, 4) is 0 Å². The third kappa shape index (κ3) is 3.28. The van der Waals surface area contributed by atoms with E-state index in [0.29, 0.717) is 6.42 Å². The van der Waals surface area contributed by atoms with Crippen LogP contribution in [-0.2, 0) is 0 Å². The number of nitrogens with one attached hydrogen (secondary N) is 1. The van der Waals surface area contributed by atoms with Crippen molar-refractivity contribution in [2.24, 2.45) is 4.99 Å². The van der Waals surface area contributed by atoms with Gasteiger partial charge in [0, 0.05) is 12.1 Å². The molecule has 0 atom stereocenters. The van der Waals surface area contributed by atoms with Gasteiger partial charge in [0.25, 0.3) is 0 Å². The Kier molecular flexibility index (Phi) is 3.76. The Labute approximate surface area is 49.5 Å². The molecule has 0 aromatic carbocycles. The molecule has 0 fully saturated rings. The Bertz CT molecular complexity index is 114. The van der Waals surface area contributed by atoms with Gasteiger partial charge in [0.1, 0.15) is 0 Å². The van der Waals surface area contributed by atoms with Gasteiger partial charge in [-0.25, -0.2) is 0 Å². The van der Waals surface area contributed by atoms with Crippen molar-refractivity contribution in [2.75, 3.05) is 0 Å². The summed E-state index contributed by atoms with van der Waals surface area (Å²) in [6.07, 6.45) is 3.83. The highest BCUT2D eigenvalue weighted by molar-refractivity contribution is 5.55. The van der Waals surface area contributed by atoms with Gasteiger partial charge in [0.15, 0.2) is 0 Å². The first-order chi connectivity index (χ1) is 3.81. The fourth-order valence-corrected chi connectivity index (χ4v) is 0.294. The lowest BCUT2D eigenvalue weighted by atomic mass is 10.4. The monoisotopic (exact) mass is 110 g/mol. The van der Waals surface area contributed by atoms with Crippen molar-refractivity contribution in [1.82, 2.24) is 0 Å². The maximum Gasteiger partial charge on any atom is 0.0329 e. The lowest BCUT2D eigenvalue weighted by Gasteiger charge is -1.83. The molecule has 8 heavy (non-hydrogen) atoms. The Morgan fingerprint density at radius 2 is 2.50 bits per heavy atom. The van der Waals surface area contributed by atoms with Gasteiger partial charge in [0.05, 0.1) is 0 Å². The van der Waals surface area contributed by atoms with Crippen molar-refractivity contribution >= 4 is 12.9 Å². The molecule has 0 aromatic rings. The van der Waals surface area contributed by atoms with Crippen LogP contribution in [0.3, 0.4) is 0 Å². The highest BCUT2D eigenvalue weighted by atomic mass is 14.7. The van der Waals surface area contributed by atoms with E-state index in [1.54, 1.807) is 0 Å². The summed E-state index contributed by atoms with van der Waals surface area (Å²) in [5, 5.41) is 6.64. The molecule has 1 N–H and O–H groups in total. The molecule has 0 radical (unpaired) electrons. The molecule has 44 valence electrons. The number of allylic oxidation sites excluding steroid dienone is 2. The molecule has 2 nitrogen and oxygen atoms in total. The minimum Gasteiger partial charge on any atom is -0.313 e. The average Bonchev–Trinajstić information content (AvgIpc) is 1.83. The average molecular weight is 110 g/mol. The maximum absolute atomic E-state index is 6.64. The van der Waals surface area contributed by atoms with Crippen LogP contribution in [0.2, 0.25) is 0 Å². The largest absolute Gasteiger partial charge is 0.313 e.